The van der Waals surface area contributed by atoms with Gasteiger partial charge in [0.2, 0.25) is 0 Å². The Morgan fingerprint density at radius 1 is 1.28 bits per heavy atom. The van der Waals surface area contributed by atoms with E-state index in [0.717, 1.165) is 20.6 Å². The number of nitriles is 1. The van der Waals surface area contributed by atoms with Crippen LogP contribution in [0.4, 0.5) is 0 Å². The summed E-state index contributed by atoms with van der Waals surface area (Å²) in [6, 6.07) is 7.27. The number of allylic oxidation sites excluding steroid dienone is 2. The summed E-state index contributed by atoms with van der Waals surface area (Å²) in [4.78, 5) is 25.1. The quantitative estimate of drug-likeness (QED) is 0.307. The fraction of sp³-hybridized carbons (Fsp3) is 0.333. The van der Waals surface area contributed by atoms with Crippen LogP contribution < -0.4 is 4.74 Å². The molecule has 126 valence electrons. The number of fused-ring (bicyclic) bond motifs is 5. The van der Waals surface area contributed by atoms with Crippen molar-refractivity contribution in [2.24, 2.45) is 28.8 Å². The monoisotopic (exact) mass is 447 g/mol. The molecule has 4 unspecified atom stereocenters. The lowest BCUT2D eigenvalue weighted by Crippen LogP contribution is -2.28. The summed E-state index contributed by atoms with van der Waals surface area (Å²) < 4.78 is 6.12. The van der Waals surface area contributed by atoms with Gasteiger partial charge in [0.25, 0.3) is 11.8 Å². The topological polar surface area (TPSA) is 82.8 Å². The van der Waals surface area contributed by atoms with Crippen LogP contribution in [0.3, 0.4) is 0 Å². The third-order valence-corrected chi connectivity index (χ3v) is 5.86. The number of halogens is 1. The standard InChI is InChI=1S/C18H14IN3O3/c19-13-7-10(1-4-14(13)25-6-5-20)9-21-22-17(23)15-11-2-3-12(8-11)16(15)18(22)24/h1-4,7,9,11-12,15-16H,6,8H2. The number of benzene rings is 1. The average Bonchev–Trinajstić information content (AvgIpc) is 3.27. The molecule has 2 amide bonds. The third-order valence-electron chi connectivity index (χ3n) is 5.02. The first-order valence-corrected chi connectivity index (χ1v) is 9.07. The molecular formula is C18H14IN3O3. The van der Waals surface area contributed by atoms with Gasteiger partial charge in [-0.25, -0.2) is 0 Å². The van der Waals surface area contributed by atoms with Gasteiger partial charge in [0, 0.05) is 0 Å². The van der Waals surface area contributed by atoms with E-state index in [1.165, 1.54) is 6.21 Å². The molecule has 0 N–H and O–H groups in total. The summed E-state index contributed by atoms with van der Waals surface area (Å²) >= 11 is 2.11. The van der Waals surface area contributed by atoms with Crippen LogP contribution in [-0.4, -0.2) is 29.6 Å². The number of hydrogen-bond acceptors (Lipinski definition) is 5. The van der Waals surface area contributed by atoms with Crippen molar-refractivity contribution in [2.45, 2.75) is 6.42 Å². The van der Waals surface area contributed by atoms with Crippen molar-refractivity contribution >= 4 is 40.6 Å². The molecule has 2 fully saturated rings. The molecule has 2 aliphatic carbocycles. The normalized spacial score (nSPS) is 29.5. The number of rotatable bonds is 4. The second-order valence-electron chi connectivity index (χ2n) is 6.37. The molecule has 3 aliphatic rings. The van der Waals surface area contributed by atoms with E-state index in [0.29, 0.717) is 5.75 Å². The van der Waals surface area contributed by atoms with E-state index in [-0.39, 0.29) is 42.1 Å². The predicted molar refractivity (Wildman–Crippen MR) is 97.4 cm³/mol. The smallest absolute Gasteiger partial charge is 0.254 e. The molecule has 1 saturated heterocycles. The number of imide groups is 1. The van der Waals surface area contributed by atoms with Crippen LogP contribution >= 0.6 is 22.6 Å². The predicted octanol–water partition coefficient (Wildman–Crippen LogP) is 2.33. The van der Waals surface area contributed by atoms with E-state index < -0.39 is 0 Å². The second-order valence-corrected chi connectivity index (χ2v) is 7.53. The summed E-state index contributed by atoms with van der Waals surface area (Å²) in [6.07, 6.45) is 6.55. The Labute approximate surface area is 158 Å². The van der Waals surface area contributed by atoms with E-state index in [1.807, 2.05) is 12.1 Å². The van der Waals surface area contributed by atoms with Crippen LogP contribution in [0.5, 0.6) is 5.75 Å². The maximum Gasteiger partial charge on any atom is 0.254 e. The lowest BCUT2D eigenvalue weighted by Gasteiger charge is -2.13. The maximum absolute atomic E-state index is 12.6. The molecular weight excluding hydrogens is 433 g/mol. The van der Waals surface area contributed by atoms with Crippen molar-refractivity contribution in [1.82, 2.24) is 5.01 Å². The molecule has 1 aromatic rings. The summed E-state index contributed by atoms with van der Waals surface area (Å²) in [5, 5.41) is 13.8. The van der Waals surface area contributed by atoms with E-state index in [9.17, 15) is 9.59 Å². The minimum absolute atomic E-state index is 0.0145. The van der Waals surface area contributed by atoms with Crippen LogP contribution in [-0.2, 0) is 9.59 Å². The van der Waals surface area contributed by atoms with Gasteiger partial charge in [-0.1, -0.05) is 12.2 Å². The number of ether oxygens (including phenoxy) is 1. The van der Waals surface area contributed by atoms with Gasteiger partial charge in [-0.2, -0.15) is 15.4 Å². The van der Waals surface area contributed by atoms with Crippen molar-refractivity contribution in [2.75, 3.05) is 6.61 Å². The first kappa shape index (κ1) is 16.3. The van der Waals surface area contributed by atoms with Gasteiger partial charge in [-0.15, -0.1) is 0 Å². The molecule has 1 saturated carbocycles. The van der Waals surface area contributed by atoms with Gasteiger partial charge in [0.05, 0.1) is 21.6 Å². The zero-order valence-electron chi connectivity index (χ0n) is 13.1. The second kappa shape index (κ2) is 6.26. The average molecular weight is 447 g/mol. The molecule has 2 bridgehead atoms. The van der Waals surface area contributed by atoms with E-state index in [2.05, 4.69) is 39.8 Å². The molecule has 4 rings (SSSR count). The Morgan fingerprint density at radius 2 is 1.96 bits per heavy atom. The fourth-order valence-electron chi connectivity index (χ4n) is 3.95. The SMILES string of the molecule is N#CCOc1ccc(C=NN2C(=O)C3C4C=CC(C4)C3C2=O)cc1I. The number of nitrogens with zero attached hydrogens (tertiary/aromatic N) is 3. The Hall–Kier alpha value is -2.21. The minimum Gasteiger partial charge on any atom is -0.478 e. The molecule has 1 aliphatic heterocycles. The van der Waals surface area contributed by atoms with Gasteiger partial charge >= 0.3 is 0 Å². The first-order valence-electron chi connectivity index (χ1n) is 7.99. The highest BCUT2D eigenvalue weighted by Crippen LogP contribution is 2.52. The maximum atomic E-state index is 12.6. The van der Waals surface area contributed by atoms with Crippen LogP contribution in [0.15, 0.2) is 35.5 Å². The number of hydrogen-bond donors (Lipinski definition) is 0. The molecule has 4 atom stereocenters. The Balaban J connectivity index is 1.51. The fourth-order valence-corrected chi connectivity index (χ4v) is 4.64. The first-order chi connectivity index (χ1) is 12.1. The summed E-state index contributed by atoms with van der Waals surface area (Å²) in [6.45, 7) is -0.0145. The molecule has 1 heterocycles. The zero-order chi connectivity index (χ0) is 17.6. The van der Waals surface area contributed by atoms with Crippen molar-refractivity contribution < 1.29 is 14.3 Å². The van der Waals surface area contributed by atoms with Gasteiger partial charge in [0.1, 0.15) is 11.8 Å². The molecule has 25 heavy (non-hydrogen) atoms. The van der Waals surface area contributed by atoms with Crippen molar-refractivity contribution in [3.05, 3.63) is 39.5 Å². The Morgan fingerprint density at radius 3 is 2.56 bits per heavy atom. The van der Waals surface area contributed by atoms with Gasteiger partial charge < -0.3 is 4.74 Å². The summed E-state index contributed by atoms with van der Waals surface area (Å²) in [5.74, 6) is 0.139. The molecule has 1 aromatic carbocycles. The lowest BCUT2D eigenvalue weighted by molar-refractivity contribution is -0.140. The minimum atomic E-state index is -0.235. The zero-order valence-corrected chi connectivity index (χ0v) is 15.3. The number of carbonyl (C=O) groups is 2. The van der Waals surface area contributed by atoms with E-state index >= 15 is 0 Å². The highest BCUT2D eigenvalue weighted by molar-refractivity contribution is 14.1. The van der Waals surface area contributed by atoms with Crippen LogP contribution in [0.25, 0.3) is 0 Å². The van der Waals surface area contributed by atoms with E-state index in [4.69, 9.17) is 10.00 Å². The van der Waals surface area contributed by atoms with Crippen LogP contribution in [0, 0.1) is 38.6 Å². The molecule has 7 heteroatoms. The Bertz CT molecular complexity index is 828. The lowest BCUT2D eigenvalue weighted by atomic mass is 9.85. The molecule has 0 spiro atoms. The van der Waals surface area contributed by atoms with E-state index in [1.54, 1.807) is 12.1 Å². The van der Waals surface area contributed by atoms with Gasteiger partial charge in [-0.3, -0.25) is 9.59 Å². The highest BCUT2D eigenvalue weighted by Gasteiger charge is 2.59. The van der Waals surface area contributed by atoms with Crippen molar-refractivity contribution in [3.8, 4) is 11.8 Å². The summed E-state index contributed by atoms with van der Waals surface area (Å²) in [5.41, 5.74) is 0.757. The number of carbonyl (C=O) groups excluding carboxylic acids is 2. The molecule has 6 nitrogen and oxygen atoms in total. The third kappa shape index (κ3) is 2.65. The molecule has 0 radical (unpaired) electrons. The van der Waals surface area contributed by atoms with Crippen LogP contribution in [0.2, 0.25) is 0 Å². The highest BCUT2D eigenvalue weighted by atomic mass is 127. The van der Waals surface area contributed by atoms with Crippen LogP contribution in [0.1, 0.15) is 12.0 Å². The summed E-state index contributed by atoms with van der Waals surface area (Å²) in [7, 11) is 0. The van der Waals surface area contributed by atoms with Crippen molar-refractivity contribution in [3.63, 3.8) is 0 Å². The van der Waals surface area contributed by atoms with Gasteiger partial charge in [-0.05, 0) is 64.6 Å². The Kier molecular flexibility index (Phi) is 4.07. The number of hydrazone groups is 1. The molecule has 0 aromatic heterocycles. The van der Waals surface area contributed by atoms with Gasteiger partial charge in [0.15, 0.2) is 6.61 Å². The number of amides is 2. The van der Waals surface area contributed by atoms with Crippen molar-refractivity contribution in [1.29, 1.82) is 5.26 Å². The largest absolute Gasteiger partial charge is 0.478 e.